The molecule has 1 heterocycles. The van der Waals surface area contributed by atoms with Crippen molar-refractivity contribution in [1.82, 2.24) is 4.98 Å². The van der Waals surface area contributed by atoms with Gasteiger partial charge in [0.2, 0.25) is 0 Å². The number of esters is 1. The zero-order valence-electron chi connectivity index (χ0n) is 8.86. The van der Waals surface area contributed by atoms with E-state index in [0.717, 1.165) is 0 Å². The summed E-state index contributed by atoms with van der Waals surface area (Å²) < 4.78 is 4.39. The van der Waals surface area contributed by atoms with E-state index in [1.54, 1.807) is 0 Å². The predicted octanol–water partition coefficient (Wildman–Crippen LogP) is 1.35. The van der Waals surface area contributed by atoms with Gasteiger partial charge in [0.1, 0.15) is 11.6 Å². The molecule has 0 aliphatic heterocycles. The summed E-state index contributed by atoms with van der Waals surface area (Å²) in [5.74, 6) is 3.38. The van der Waals surface area contributed by atoms with Crippen LogP contribution in [0.5, 0.6) is 0 Å². The van der Waals surface area contributed by atoms with E-state index in [0.29, 0.717) is 0 Å². The van der Waals surface area contributed by atoms with Crippen LogP contribution < -0.4 is 0 Å². The average molecular weight is 254 g/mol. The molecule has 6 heteroatoms. The van der Waals surface area contributed by atoms with Gasteiger partial charge in [-0.1, -0.05) is 23.4 Å². The van der Waals surface area contributed by atoms with E-state index in [1.165, 1.54) is 19.4 Å². The first-order valence-electron chi connectivity index (χ1n) is 4.49. The zero-order valence-corrected chi connectivity index (χ0v) is 9.61. The lowest BCUT2D eigenvalue weighted by Gasteiger charge is -1.98. The van der Waals surface area contributed by atoms with Crippen molar-refractivity contribution in [3.8, 4) is 11.8 Å². The highest BCUT2D eigenvalue weighted by Crippen LogP contribution is 2.12. The highest BCUT2D eigenvalue weighted by molar-refractivity contribution is 6.29. The van der Waals surface area contributed by atoms with E-state index >= 15 is 0 Å². The molecule has 88 valence electrons. The van der Waals surface area contributed by atoms with Gasteiger partial charge < -0.3 is 9.84 Å². The SMILES string of the molecule is COC(=O)CC#Cc1cnc(Cl)cc1C(=O)O. The number of nitrogens with zero attached hydrogens (tertiary/aromatic N) is 1. The first-order chi connectivity index (χ1) is 8.04. The smallest absolute Gasteiger partial charge is 0.337 e. The molecule has 0 radical (unpaired) electrons. The number of carboxylic acid groups (broad SMARTS) is 1. The third-order valence-electron chi connectivity index (χ3n) is 1.78. The number of halogens is 1. The highest BCUT2D eigenvalue weighted by atomic mass is 35.5. The molecule has 0 saturated heterocycles. The van der Waals surface area contributed by atoms with Gasteiger partial charge in [-0.3, -0.25) is 4.79 Å². The molecule has 0 atom stereocenters. The normalized spacial score (nSPS) is 9.06. The summed E-state index contributed by atoms with van der Waals surface area (Å²) >= 11 is 5.57. The number of carbonyl (C=O) groups excluding carboxylic acids is 1. The number of pyridine rings is 1. The molecule has 1 aromatic heterocycles. The van der Waals surface area contributed by atoms with E-state index in [9.17, 15) is 9.59 Å². The third-order valence-corrected chi connectivity index (χ3v) is 1.99. The second-order valence-corrected chi connectivity index (χ2v) is 3.30. The van der Waals surface area contributed by atoms with Gasteiger partial charge in [0.25, 0.3) is 0 Å². The maximum Gasteiger partial charge on any atom is 0.337 e. The van der Waals surface area contributed by atoms with Crippen molar-refractivity contribution in [3.05, 3.63) is 28.5 Å². The molecule has 0 aliphatic carbocycles. The van der Waals surface area contributed by atoms with Crippen LogP contribution in [0.4, 0.5) is 0 Å². The van der Waals surface area contributed by atoms with Gasteiger partial charge in [-0.15, -0.1) is 0 Å². The minimum absolute atomic E-state index is 0.0534. The Kier molecular flexibility index (Phi) is 4.49. The van der Waals surface area contributed by atoms with Crippen LogP contribution in [0, 0.1) is 11.8 Å². The van der Waals surface area contributed by atoms with Gasteiger partial charge in [-0.05, 0) is 6.07 Å². The standard InChI is InChI=1S/C11H8ClNO4/c1-17-10(14)4-2-3-7-6-13-9(12)5-8(7)11(15)16/h5-6H,4H2,1H3,(H,15,16). The van der Waals surface area contributed by atoms with Crippen molar-refractivity contribution in [2.75, 3.05) is 7.11 Å². The fourth-order valence-corrected chi connectivity index (χ4v) is 1.15. The largest absolute Gasteiger partial charge is 0.478 e. The van der Waals surface area contributed by atoms with Crippen molar-refractivity contribution >= 4 is 23.5 Å². The summed E-state index contributed by atoms with van der Waals surface area (Å²) in [7, 11) is 1.25. The third kappa shape index (κ3) is 3.78. The monoisotopic (exact) mass is 253 g/mol. The molecular formula is C11H8ClNO4. The van der Waals surface area contributed by atoms with Gasteiger partial charge in [-0.2, -0.15) is 0 Å². The average Bonchev–Trinajstić information content (AvgIpc) is 2.30. The van der Waals surface area contributed by atoms with Gasteiger partial charge in [-0.25, -0.2) is 9.78 Å². The van der Waals surface area contributed by atoms with Crippen LogP contribution in [0.15, 0.2) is 12.3 Å². The lowest BCUT2D eigenvalue weighted by atomic mass is 10.1. The van der Waals surface area contributed by atoms with Crippen LogP contribution in [-0.2, 0) is 9.53 Å². The van der Waals surface area contributed by atoms with Crippen LogP contribution >= 0.6 is 11.6 Å². The van der Waals surface area contributed by atoms with Crippen LogP contribution in [0.2, 0.25) is 5.15 Å². The number of carboxylic acids is 1. The number of aromatic nitrogens is 1. The Labute approximate surface area is 102 Å². The quantitative estimate of drug-likeness (QED) is 0.489. The first kappa shape index (κ1) is 13.0. The zero-order chi connectivity index (χ0) is 12.8. The Hall–Kier alpha value is -2.06. The summed E-state index contributed by atoms with van der Waals surface area (Å²) in [5, 5.41) is 8.97. The Balaban J connectivity index is 2.98. The predicted molar refractivity (Wildman–Crippen MR) is 59.7 cm³/mol. The summed E-state index contributed by atoms with van der Waals surface area (Å²) in [6, 6.07) is 1.20. The molecular weight excluding hydrogens is 246 g/mol. The number of rotatable bonds is 2. The lowest BCUT2D eigenvalue weighted by Crippen LogP contribution is -2.01. The van der Waals surface area contributed by atoms with Crippen LogP contribution in [0.1, 0.15) is 22.3 Å². The first-order valence-corrected chi connectivity index (χ1v) is 4.87. The van der Waals surface area contributed by atoms with Crippen molar-refractivity contribution in [3.63, 3.8) is 0 Å². The summed E-state index contributed by atoms with van der Waals surface area (Å²) in [4.78, 5) is 25.4. The summed E-state index contributed by atoms with van der Waals surface area (Å²) in [6.07, 6.45) is 1.13. The number of hydrogen-bond donors (Lipinski definition) is 1. The molecule has 0 saturated carbocycles. The van der Waals surface area contributed by atoms with Gasteiger partial charge in [0, 0.05) is 6.20 Å². The molecule has 0 spiro atoms. The second kappa shape index (κ2) is 5.87. The lowest BCUT2D eigenvalue weighted by molar-refractivity contribution is -0.139. The van der Waals surface area contributed by atoms with Crippen LogP contribution in [0.25, 0.3) is 0 Å². The molecule has 0 aromatic carbocycles. The molecule has 0 bridgehead atoms. The van der Waals surface area contributed by atoms with Crippen molar-refractivity contribution < 1.29 is 19.4 Å². The van der Waals surface area contributed by atoms with Gasteiger partial charge in [0.15, 0.2) is 0 Å². The number of carbonyl (C=O) groups is 2. The fourth-order valence-electron chi connectivity index (χ4n) is 0.990. The van der Waals surface area contributed by atoms with E-state index < -0.39 is 11.9 Å². The maximum absolute atomic E-state index is 10.9. The molecule has 1 N–H and O–H groups in total. The molecule has 0 amide bonds. The topological polar surface area (TPSA) is 76.5 Å². The molecule has 0 unspecified atom stereocenters. The Bertz CT molecular complexity index is 516. The van der Waals surface area contributed by atoms with Crippen molar-refractivity contribution in [2.24, 2.45) is 0 Å². The number of hydrogen-bond acceptors (Lipinski definition) is 4. The fraction of sp³-hybridized carbons (Fsp3) is 0.182. The Morgan fingerprint density at radius 2 is 2.29 bits per heavy atom. The van der Waals surface area contributed by atoms with Crippen LogP contribution in [-0.4, -0.2) is 29.1 Å². The van der Waals surface area contributed by atoms with E-state index in [2.05, 4.69) is 21.6 Å². The molecule has 0 aliphatic rings. The minimum Gasteiger partial charge on any atom is -0.478 e. The van der Waals surface area contributed by atoms with Crippen molar-refractivity contribution in [2.45, 2.75) is 6.42 Å². The minimum atomic E-state index is -1.16. The number of aromatic carboxylic acids is 1. The van der Waals surface area contributed by atoms with Gasteiger partial charge in [0.05, 0.1) is 18.2 Å². The van der Waals surface area contributed by atoms with E-state index in [-0.39, 0.29) is 22.7 Å². The molecule has 0 fully saturated rings. The highest BCUT2D eigenvalue weighted by Gasteiger charge is 2.09. The van der Waals surface area contributed by atoms with Crippen LogP contribution in [0.3, 0.4) is 0 Å². The second-order valence-electron chi connectivity index (χ2n) is 2.91. The van der Waals surface area contributed by atoms with E-state index in [1.807, 2.05) is 0 Å². The number of methoxy groups -OCH3 is 1. The van der Waals surface area contributed by atoms with Crippen molar-refractivity contribution in [1.29, 1.82) is 0 Å². The van der Waals surface area contributed by atoms with E-state index in [4.69, 9.17) is 16.7 Å². The molecule has 17 heavy (non-hydrogen) atoms. The van der Waals surface area contributed by atoms with Gasteiger partial charge >= 0.3 is 11.9 Å². The Morgan fingerprint density at radius 1 is 1.59 bits per heavy atom. The Morgan fingerprint density at radius 3 is 2.88 bits per heavy atom. The molecule has 5 nitrogen and oxygen atoms in total. The molecule has 1 aromatic rings. The summed E-state index contributed by atoms with van der Waals surface area (Å²) in [5.41, 5.74) is 0.146. The maximum atomic E-state index is 10.9. The summed E-state index contributed by atoms with van der Waals surface area (Å²) in [6.45, 7) is 0. The molecule has 1 rings (SSSR count). The number of ether oxygens (including phenoxy) is 1.